The lowest BCUT2D eigenvalue weighted by Crippen LogP contribution is -2.17. The van der Waals surface area contributed by atoms with Crippen molar-refractivity contribution in [1.29, 1.82) is 0 Å². The predicted octanol–water partition coefficient (Wildman–Crippen LogP) is 5.12. The fourth-order valence-corrected chi connectivity index (χ4v) is 3.89. The van der Waals surface area contributed by atoms with Crippen molar-refractivity contribution in [3.63, 3.8) is 0 Å². The number of ether oxygens (including phenoxy) is 2. The van der Waals surface area contributed by atoms with E-state index in [1.807, 2.05) is 62.4 Å². The number of hydrogen-bond donors (Lipinski definition) is 0. The van der Waals surface area contributed by atoms with Gasteiger partial charge >= 0.3 is 10.9 Å². The first-order chi connectivity index (χ1) is 14.0. The van der Waals surface area contributed by atoms with E-state index in [9.17, 15) is 9.59 Å². The zero-order chi connectivity index (χ0) is 20.4. The maximum atomic E-state index is 12.3. The van der Waals surface area contributed by atoms with Crippen molar-refractivity contribution in [2.24, 2.45) is 0 Å². The van der Waals surface area contributed by atoms with Crippen molar-refractivity contribution < 1.29 is 18.7 Å². The molecule has 0 aliphatic rings. The topological polar surface area (TPSA) is 65.7 Å². The van der Waals surface area contributed by atoms with Crippen LogP contribution in [-0.4, -0.2) is 12.6 Å². The summed E-state index contributed by atoms with van der Waals surface area (Å²) in [6.07, 6.45) is 0. The fourth-order valence-electron chi connectivity index (χ4n) is 3.16. The van der Waals surface area contributed by atoms with E-state index in [2.05, 4.69) is 0 Å². The summed E-state index contributed by atoms with van der Waals surface area (Å²) in [5, 5.41) is 0. The van der Waals surface area contributed by atoms with Gasteiger partial charge in [-0.2, -0.15) is 0 Å². The molecule has 0 fully saturated rings. The van der Waals surface area contributed by atoms with Gasteiger partial charge in [0.05, 0.1) is 4.70 Å². The number of carbonyl (C=O) groups excluding carboxylic acids is 1. The maximum absolute atomic E-state index is 12.3. The monoisotopic (exact) mass is 406 g/mol. The molecule has 1 aromatic heterocycles. The number of fused-ring (bicyclic) bond motifs is 1. The van der Waals surface area contributed by atoms with Gasteiger partial charge in [0.15, 0.2) is 12.2 Å². The highest BCUT2D eigenvalue weighted by atomic mass is 32.1. The van der Waals surface area contributed by atoms with E-state index in [0.29, 0.717) is 27.3 Å². The zero-order valence-corrected chi connectivity index (χ0v) is 16.7. The Kier molecular flexibility index (Phi) is 5.18. The van der Waals surface area contributed by atoms with Crippen LogP contribution in [0.5, 0.6) is 11.5 Å². The Labute approximate surface area is 171 Å². The standard InChI is InChI=1S/C23H18O5S/c1-14-8-15(2)10-17(9-14)26-13-21(24)27-18-11-19(16-6-4-3-5-7-16)22-20(12-18)29-23(25)28-22/h3-12H,13H2,1-2H3. The van der Waals surface area contributed by atoms with Gasteiger partial charge in [0.25, 0.3) is 0 Å². The molecule has 3 aromatic carbocycles. The van der Waals surface area contributed by atoms with E-state index < -0.39 is 10.9 Å². The summed E-state index contributed by atoms with van der Waals surface area (Å²) < 4.78 is 17.0. The number of aryl methyl sites for hydroxylation is 2. The van der Waals surface area contributed by atoms with Crippen LogP contribution in [0.2, 0.25) is 0 Å². The Balaban J connectivity index is 1.57. The normalized spacial score (nSPS) is 10.8. The molecule has 0 radical (unpaired) electrons. The molecule has 0 atom stereocenters. The zero-order valence-electron chi connectivity index (χ0n) is 15.9. The van der Waals surface area contributed by atoms with Gasteiger partial charge in [-0.25, -0.2) is 9.59 Å². The van der Waals surface area contributed by atoms with Crippen LogP contribution in [0.1, 0.15) is 11.1 Å². The SMILES string of the molecule is Cc1cc(C)cc(OCC(=O)Oc2cc(-c3ccccc3)c3oc(=O)sc3c2)c1. The smallest absolute Gasteiger partial charge is 0.396 e. The Bertz CT molecular complexity index is 1220. The lowest BCUT2D eigenvalue weighted by atomic mass is 10.0. The highest BCUT2D eigenvalue weighted by molar-refractivity contribution is 7.16. The molecule has 1 heterocycles. The number of benzene rings is 3. The third-order valence-corrected chi connectivity index (χ3v) is 5.05. The molecule has 146 valence electrons. The Morgan fingerprint density at radius 2 is 1.69 bits per heavy atom. The third kappa shape index (κ3) is 4.38. The first-order valence-corrected chi connectivity index (χ1v) is 9.84. The molecule has 5 nitrogen and oxygen atoms in total. The van der Waals surface area contributed by atoms with Crippen LogP contribution in [0.25, 0.3) is 21.4 Å². The van der Waals surface area contributed by atoms with Gasteiger partial charge in [0.1, 0.15) is 11.5 Å². The quantitative estimate of drug-likeness (QED) is 0.340. The van der Waals surface area contributed by atoms with Gasteiger partial charge in [-0.05, 0) is 48.7 Å². The van der Waals surface area contributed by atoms with Crippen molar-refractivity contribution >= 4 is 27.6 Å². The van der Waals surface area contributed by atoms with Crippen LogP contribution < -0.4 is 14.4 Å². The van der Waals surface area contributed by atoms with Crippen LogP contribution in [0.15, 0.2) is 69.9 Å². The summed E-state index contributed by atoms with van der Waals surface area (Å²) in [6.45, 7) is 3.72. The molecule has 6 heteroatoms. The first kappa shape index (κ1) is 19.0. The molecule has 0 bridgehead atoms. The Morgan fingerprint density at radius 3 is 2.41 bits per heavy atom. The number of rotatable bonds is 5. The van der Waals surface area contributed by atoms with Gasteiger partial charge in [0.2, 0.25) is 0 Å². The average Bonchev–Trinajstić information content (AvgIpc) is 3.06. The molecule has 0 saturated heterocycles. The van der Waals surface area contributed by atoms with Crippen molar-refractivity contribution in [3.8, 4) is 22.6 Å². The van der Waals surface area contributed by atoms with Crippen LogP contribution in [-0.2, 0) is 4.79 Å². The van der Waals surface area contributed by atoms with Crippen LogP contribution in [0.4, 0.5) is 0 Å². The summed E-state index contributed by atoms with van der Waals surface area (Å²) in [5.74, 6) is 0.425. The summed E-state index contributed by atoms with van der Waals surface area (Å²) in [6, 6.07) is 18.6. The summed E-state index contributed by atoms with van der Waals surface area (Å²) >= 11 is 0.971. The van der Waals surface area contributed by atoms with Crippen molar-refractivity contribution in [3.05, 3.63) is 81.5 Å². The molecule has 0 spiro atoms. The minimum atomic E-state index is -0.529. The average molecular weight is 406 g/mol. The van der Waals surface area contributed by atoms with E-state index in [1.165, 1.54) is 0 Å². The van der Waals surface area contributed by atoms with E-state index >= 15 is 0 Å². The molecule has 0 unspecified atom stereocenters. The van der Waals surface area contributed by atoms with Crippen molar-refractivity contribution in [2.75, 3.05) is 6.61 Å². The summed E-state index contributed by atoms with van der Waals surface area (Å²) in [5.41, 5.74) is 4.16. The molecule has 0 N–H and O–H groups in total. The molecule has 4 aromatic rings. The van der Waals surface area contributed by atoms with E-state index in [1.54, 1.807) is 12.1 Å². The highest BCUT2D eigenvalue weighted by Gasteiger charge is 2.15. The largest absolute Gasteiger partial charge is 0.482 e. The third-order valence-electron chi connectivity index (χ3n) is 4.28. The van der Waals surface area contributed by atoms with Crippen molar-refractivity contribution in [2.45, 2.75) is 13.8 Å². The van der Waals surface area contributed by atoms with Crippen LogP contribution in [0, 0.1) is 13.8 Å². The van der Waals surface area contributed by atoms with Gasteiger partial charge in [0, 0.05) is 11.6 Å². The lowest BCUT2D eigenvalue weighted by Gasteiger charge is -2.10. The van der Waals surface area contributed by atoms with Crippen molar-refractivity contribution in [1.82, 2.24) is 0 Å². The second-order valence-electron chi connectivity index (χ2n) is 6.70. The first-order valence-electron chi connectivity index (χ1n) is 9.03. The lowest BCUT2D eigenvalue weighted by molar-refractivity contribution is -0.136. The van der Waals surface area contributed by atoms with E-state index in [-0.39, 0.29) is 6.61 Å². The molecule has 0 saturated carbocycles. The van der Waals surface area contributed by atoms with E-state index in [0.717, 1.165) is 28.0 Å². The van der Waals surface area contributed by atoms with E-state index in [4.69, 9.17) is 13.9 Å². The molecular formula is C23H18O5S. The summed E-state index contributed by atoms with van der Waals surface area (Å²) in [4.78, 5) is 23.7. The number of carbonyl (C=O) groups is 1. The molecule has 4 rings (SSSR count). The summed E-state index contributed by atoms with van der Waals surface area (Å²) in [7, 11) is 0. The minimum Gasteiger partial charge on any atom is -0.482 e. The van der Waals surface area contributed by atoms with Gasteiger partial charge < -0.3 is 13.9 Å². The fraction of sp³-hybridized carbons (Fsp3) is 0.130. The number of hydrogen-bond acceptors (Lipinski definition) is 6. The minimum absolute atomic E-state index is 0.219. The second-order valence-corrected chi connectivity index (χ2v) is 7.68. The Hall–Kier alpha value is -3.38. The highest BCUT2D eigenvalue weighted by Crippen LogP contribution is 2.34. The second kappa shape index (κ2) is 7.93. The van der Waals surface area contributed by atoms with Gasteiger partial charge in [-0.1, -0.05) is 47.7 Å². The molecule has 0 amide bonds. The van der Waals surface area contributed by atoms with Crippen LogP contribution >= 0.6 is 11.3 Å². The van der Waals surface area contributed by atoms with Gasteiger partial charge in [-0.3, -0.25) is 0 Å². The number of esters is 1. The molecule has 0 aliphatic carbocycles. The molecule has 0 aliphatic heterocycles. The van der Waals surface area contributed by atoms with Crippen LogP contribution in [0.3, 0.4) is 0 Å². The maximum Gasteiger partial charge on any atom is 0.396 e. The predicted molar refractivity (Wildman–Crippen MR) is 113 cm³/mol. The molecule has 29 heavy (non-hydrogen) atoms. The Morgan fingerprint density at radius 1 is 0.966 bits per heavy atom. The van der Waals surface area contributed by atoms with Gasteiger partial charge in [-0.15, -0.1) is 0 Å². The molecular weight excluding hydrogens is 388 g/mol.